The van der Waals surface area contributed by atoms with Crippen LogP contribution in [-0.4, -0.2) is 84.9 Å². The molecule has 0 spiro atoms. The number of nitrogens with zero attached hydrogens (tertiary/aromatic N) is 4. The molecule has 4 aliphatic heterocycles. The molecule has 2 aromatic rings. The molecule has 2 aromatic carbocycles. The first kappa shape index (κ1) is 25.1. The molecule has 0 saturated carbocycles. The number of carbonyl (C=O) groups is 3. The minimum Gasteiger partial charge on any atom is -0.383 e. The van der Waals surface area contributed by atoms with Crippen LogP contribution in [0.1, 0.15) is 64.5 Å². The number of hydrogen-bond donors (Lipinski definition) is 0. The number of para-hydroxylation sites is 1. The van der Waals surface area contributed by atoms with Gasteiger partial charge in [-0.15, -0.1) is 0 Å². The molecule has 4 heterocycles. The molecule has 200 valence electrons. The summed E-state index contributed by atoms with van der Waals surface area (Å²) in [6.45, 7) is 3.83. The minimum absolute atomic E-state index is 0.0826. The Balaban J connectivity index is 1.29. The van der Waals surface area contributed by atoms with Gasteiger partial charge in [0.05, 0.1) is 17.9 Å². The molecule has 8 nitrogen and oxygen atoms in total. The lowest BCUT2D eigenvalue weighted by Crippen LogP contribution is -2.55. The molecule has 8 heteroatoms. The molecule has 3 atom stereocenters. The van der Waals surface area contributed by atoms with E-state index in [0.29, 0.717) is 48.5 Å². The Hall–Kier alpha value is -3.23. The summed E-state index contributed by atoms with van der Waals surface area (Å²) >= 11 is 0. The van der Waals surface area contributed by atoms with E-state index in [1.807, 2.05) is 35.2 Å². The fourth-order valence-corrected chi connectivity index (χ4v) is 6.97. The Bertz CT molecular complexity index is 1230. The van der Waals surface area contributed by atoms with Crippen molar-refractivity contribution < 1.29 is 19.1 Å². The maximum Gasteiger partial charge on any atom is 0.260 e. The number of benzene rings is 2. The van der Waals surface area contributed by atoms with Gasteiger partial charge in [0.25, 0.3) is 11.8 Å². The summed E-state index contributed by atoms with van der Waals surface area (Å²) in [5.41, 5.74) is 2.39. The van der Waals surface area contributed by atoms with Gasteiger partial charge < -0.3 is 19.4 Å². The first-order valence-corrected chi connectivity index (χ1v) is 13.9. The maximum atomic E-state index is 14.0. The van der Waals surface area contributed by atoms with Crippen LogP contribution in [0.15, 0.2) is 48.5 Å². The van der Waals surface area contributed by atoms with Crippen LogP contribution in [0, 0.1) is 5.92 Å². The average Bonchev–Trinajstić information content (AvgIpc) is 3.25. The molecule has 3 amide bonds. The van der Waals surface area contributed by atoms with Crippen LogP contribution in [0.2, 0.25) is 0 Å². The van der Waals surface area contributed by atoms with E-state index >= 15 is 0 Å². The van der Waals surface area contributed by atoms with Crippen molar-refractivity contribution >= 4 is 23.4 Å². The highest BCUT2D eigenvalue weighted by Crippen LogP contribution is 2.45. The van der Waals surface area contributed by atoms with Crippen molar-refractivity contribution in [2.75, 3.05) is 51.3 Å². The van der Waals surface area contributed by atoms with Crippen LogP contribution in [0.5, 0.6) is 0 Å². The van der Waals surface area contributed by atoms with Crippen LogP contribution < -0.4 is 4.90 Å². The Morgan fingerprint density at radius 2 is 1.71 bits per heavy atom. The highest BCUT2D eigenvalue weighted by molar-refractivity contribution is 6.17. The summed E-state index contributed by atoms with van der Waals surface area (Å²) in [5.74, 6) is -0.0335. The Kier molecular flexibility index (Phi) is 6.93. The van der Waals surface area contributed by atoms with E-state index in [4.69, 9.17) is 4.74 Å². The van der Waals surface area contributed by atoms with Gasteiger partial charge in [0.15, 0.2) is 0 Å². The van der Waals surface area contributed by atoms with E-state index < -0.39 is 6.17 Å². The van der Waals surface area contributed by atoms with Crippen molar-refractivity contribution in [3.05, 3.63) is 65.2 Å². The molecule has 0 radical (unpaired) electrons. The van der Waals surface area contributed by atoms with Gasteiger partial charge in [0.1, 0.15) is 12.7 Å². The molecular weight excluding hydrogens is 480 g/mol. The fraction of sp³-hybridized carbons (Fsp3) is 0.500. The second-order valence-corrected chi connectivity index (χ2v) is 10.9. The van der Waals surface area contributed by atoms with Crippen molar-refractivity contribution in [1.29, 1.82) is 0 Å². The quantitative estimate of drug-likeness (QED) is 0.563. The largest absolute Gasteiger partial charge is 0.383 e. The van der Waals surface area contributed by atoms with Gasteiger partial charge in [-0.25, -0.2) is 0 Å². The third-order valence-electron chi connectivity index (χ3n) is 8.79. The van der Waals surface area contributed by atoms with Crippen molar-refractivity contribution in [2.24, 2.45) is 5.92 Å². The summed E-state index contributed by atoms with van der Waals surface area (Å²) in [5, 5.41) is 0. The van der Waals surface area contributed by atoms with Crippen LogP contribution >= 0.6 is 0 Å². The molecule has 0 aromatic heterocycles. The fourth-order valence-electron chi connectivity index (χ4n) is 6.97. The molecule has 6 rings (SSSR count). The van der Waals surface area contributed by atoms with Gasteiger partial charge in [0, 0.05) is 37.4 Å². The second-order valence-electron chi connectivity index (χ2n) is 10.9. The second kappa shape index (κ2) is 10.5. The SMILES string of the molecule is COCCN(CC1CCCN2CCCCC12)C(=O)CN1C(=O)c2ccccc2N2C(=O)c3ccccc3C12. The molecule has 2 saturated heterocycles. The maximum absolute atomic E-state index is 14.0. The lowest BCUT2D eigenvalue weighted by atomic mass is 9.83. The zero-order chi connectivity index (χ0) is 26.2. The lowest BCUT2D eigenvalue weighted by molar-refractivity contribution is -0.134. The third-order valence-corrected chi connectivity index (χ3v) is 8.79. The first-order valence-electron chi connectivity index (χ1n) is 13.9. The third kappa shape index (κ3) is 4.29. The van der Waals surface area contributed by atoms with E-state index in [0.717, 1.165) is 31.5 Å². The average molecular weight is 517 g/mol. The van der Waals surface area contributed by atoms with E-state index in [-0.39, 0.29) is 24.3 Å². The molecular formula is C30H36N4O4. The number of hydrogen-bond acceptors (Lipinski definition) is 5. The normalized spacial score (nSPS) is 24.5. The summed E-state index contributed by atoms with van der Waals surface area (Å²) in [4.78, 5) is 49.0. The number of amides is 3. The van der Waals surface area contributed by atoms with Crippen LogP contribution in [0.3, 0.4) is 0 Å². The highest BCUT2D eigenvalue weighted by atomic mass is 16.5. The molecule has 4 aliphatic rings. The predicted molar refractivity (Wildman–Crippen MR) is 144 cm³/mol. The zero-order valence-corrected chi connectivity index (χ0v) is 22.1. The van der Waals surface area contributed by atoms with E-state index in [1.165, 1.54) is 19.3 Å². The van der Waals surface area contributed by atoms with Gasteiger partial charge in [0.2, 0.25) is 5.91 Å². The van der Waals surface area contributed by atoms with Crippen LogP contribution in [-0.2, 0) is 9.53 Å². The summed E-state index contributed by atoms with van der Waals surface area (Å²) in [7, 11) is 1.65. The zero-order valence-electron chi connectivity index (χ0n) is 22.1. The van der Waals surface area contributed by atoms with Crippen molar-refractivity contribution in [3.63, 3.8) is 0 Å². The Labute approximate surface area is 224 Å². The molecule has 2 fully saturated rings. The number of ether oxygens (including phenoxy) is 1. The summed E-state index contributed by atoms with van der Waals surface area (Å²) in [6.07, 6.45) is 5.34. The van der Waals surface area contributed by atoms with Gasteiger partial charge in [-0.2, -0.15) is 0 Å². The lowest BCUT2D eigenvalue weighted by Gasteiger charge is -2.46. The number of fused-ring (bicyclic) bond motifs is 6. The van der Waals surface area contributed by atoms with Crippen molar-refractivity contribution in [2.45, 2.75) is 44.3 Å². The van der Waals surface area contributed by atoms with E-state index in [2.05, 4.69) is 4.90 Å². The number of methoxy groups -OCH3 is 1. The van der Waals surface area contributed by atoms with Gasteiger partial charge in [-0.05, 0) is 62.9 Å². The van der Waals surface area contributed by atoms with Gasteiger partial charge >= 0.3 is 0 Å². The molecule has 0 bridgehead atoms. The number of anilines is 1. The molecule has 0 N–H and O–H groups in total. The number of rotatable bonds is 7. The topological polar surface area (TPSA) is 73.4 Å². The minimum atomic E-state index is -0.627. The standard InChI is InChI=1S/C30H36N4O4/c1-38-18-17-32(19-21-9-8-16-31-15-7-6-13-25(21)31)27(35)20-33-28-22-10-2-3-11-23(22)30(37)34(28)26-14-5-4-12-24(26)29(33)36/h2-5,10-12,14,21,25,28H,6-9,13,15-20H2,1H3. The van der Waals surface area contributed by atoms with Crippen molar-refractivity contribution in [3.8, 4) is 0 Å². The van der Waals surface area contributed by atoms with Gasteiger partial charge in [-0.1, -0.05) is 36.8 Å². The van der Waals surface area contributed by atoms with Crippen LogP contribution in [0.4, 0.5) is 5.69 Å². The highest BCUT2D eigenvalue weighted by Gasteiger charge is 2.48. The molecule has 3 unspecified atom stereocenters. The van der Waals surface area contributed by atoms with E-state index in [1.54, 1.807) is 35.1 Å². The monoisotopic (exact) mass is 516 g/mol. The molecule has 0 aliphatic carbocycles. The van der Waals surface area contributed by atoms with Crippen LogP contribution in [0.25, 0.3) is 0 Å². The van der Waals surface area contributed by atoms with Crippen molar-refractivity contribution in [1.82, 2.24) is 14.7 Å². The smallest absolute Gasteiger partial charge is 0.260 e. The van der Waals surface area contributed by atoms with Gasteiger partial charge in [-0.3, -0.25) is 19.3 Å². The number of piperidine rings is 2. The Morgan fingerprint density at radius 1 is 0.947 bits per heavy atom. The number of carbonyl (C=O) groups excluding carboxylic acids is 3. The first-order chi connectivity index (χ1) is 18.6. The summed E-state index contributed by atoms with van der Waals surface area (Å²) < 4.78 is 5.37. The van der Waals surface area contributed by atoms with E-state index in [9.17, 15) is 14.4 Å². The Morgan fingerprint density at radius 3 is 2.55 bits per heavy atom. The predicted octanol–water partition coefficient (Wildman–Crippen LogP) is 3.54. The summed E-state index contributed by atoms with van der Waals surface area (Å²) in [6, 6.07) is 15.1. The molecule has 38 heavy (non-hydrogen) atoms.